The van der Waals surface area contributed by atoms with E-state index in [9.17, 15) is 9.90 Å². The van der Waals surface area contributed by atoms with Gasteiger partial charge in [-0.1, -0.05) is 18.2 Å². The van der Waals surface area contributed by atoms with Gasteiger partial charge in [0, 0.05) is 6.07 Å². The van der Waals surface area contributed by atoms with Gasteiger partial charge in [-0.3, -0.25) is 4.79 Å². The second kappa shape index (κ2) is 3.17. The highest BCUT2D eigenvalue weighted by Gasteiger charge is 2.31. The highest BCUT2D eigenvalue weighted by atomic mass is 16.3. The maximum atomic E-state index is 11.8. The van der Waals surface area contributed by atoms with Crippen molar-refractivity contribution < 1.29 is 5.11 Å². The molecule has 0 bridgehead atoms. The van der Waals surface area contributed by atoms with Gasteiger partial charge in [0.15, 0.2) is 0 Å². The van der Waals surface area contributed by atoms with Gasteiger partial charge in [-0.2, -0.15) is 0 Å². The van der Waals surface area contributed by atoms with Gasteiger partial charge in [-0.15, -0.1) is 0 Å². The van der Waals surface area contributed by atoms with Crippen molar-refractivity contribution in [3.63, 3.8) is 0 Å². The number of aliphatic hydroxyl groups excluding tert-OH is 1. The molecule has 0 amide bonds. The quantitative estimate of drug-likeness (QED) is 0.731. The first-order valence-electron chi connectivity index (χ1n) is 5.24. The molecule has 0 spiro atoms. The Balaban J connectivity index is 2.49. The van der Waals surface area contributed by atoms with Crippen molar-refractivity contribution in [2.24, 2.45) is 5.73 Å². The fourth-order valence-corrected chi connectivity index (χ4v) is 2.51. The van der Waals surface area contributed by atoms with E-state index in [1.165, 1.54) is 6.07 Å². The zero-order valence-electron chi connectivity index (χ0n) is 8.63. The number of pyridine rings is 1. The first-order chi connectivity index (χ1) is 7.74. The molecule has 3 N–H and O–H groups in total. The van der Waals surface area contributed by atoms with E-state index in [2.05, 4.69) is 0 Å². The number of nitrogens with zero attached hydrogens (tertiary/aromatic N) is 1. The molecular formula is C12H12N2O2. The number of rotatable bonds is 1. The van der Waals surface area contributed by atoms with E-state index in [1.54, 1.807) is 10.6 Å². The molecule has 1 aliphatic heterocycles. The van der Waals surface area contributed by atoms with Crippen LogP contribution in [0.4, 0.5) is 0 Å². The number of para-hydroxylation sites is 1. The van der Waals surface area contributed by atoms with E-state index in [-0.39, 0.29) is 24.2 Å². The number of aromatic nitrogens is 1. The molecule has 0 unspecified atom stereocenters. The molecule has 0 fully saturated rings. The van der Waals surface area contributed by atoms with Crippen LogP contribution in [0, 0.1) is 0 Å². The molecule has 0 aliphatic carbocycles. The highest BCUT2D eigenvalue weighted by Crippen LogP contribution is 2.36. The molecule has 1 aliphatic rings. The summed E-state index contributed by atoms with van der Waals surface area (Å²) < 4.78 is 1.61. The minimum absolute atomic E-state index is 0.105. The summed E-state index contributed by atoms with van der Waals surface area (Å²) in [6.07, 6.45) is 0. The molecule has 4 heteroatoms. The molecule has 0 saturated carbocycles. The summed E-state index contributed by atoms with van der Waals surface area (Å²) in [4.78, 5) is 11.8. The third-order valence-corrected chi connectivity index (χ3v) is 3.27. The third-order valence-electron chi connectivity index (χ3n) is 3.27. The maximum Gasteiger partial charge on any atom is 0.251 e. The number of benzene rings is 1. The Bertz CT molecular complexity index is 618. The Labute approximate surface area is 91.9 Å². The van der Waals surface area contributed by atoms with E-state index in [1.807, 2.05) is 18.2 Å². The maximum absolute atomic E-state index is 11.8. The van der Waals surface area contributed by atoms with E-state index >= 15 is 0 Å². The molecule has 4 nitrogen and oxygen atoms in total. The average Bonchev–Trinajstić information content (AvgIpc) is 2.60. The normalized spacial score (nSPS) is 22.9. The molecule has 2 aromatic rings. The molecule has 2 atom stereocenters. The lowest BCUT2D eigenvalue weighted by Gasteiger charge is -2.15. The molecule has 82 valence electrons. The predicted octanol–water partition coefficient (Wildman–Crippen LogP) is 0.548. The number of nitrogens with two attached hydrogens (primary N) is 1. The molecule has 1 aromatic carbocycles. The zero-order chi connectivity index (χ0) is 11.3. The summed E-state index contributed by atoms with van der Waals surface area (Å²) in [5.41, 5.74) is 7.74. The van der Waals surface area contributed by atoms with Gasteiger partial charge in [-0.05, 0) is 17.0 Å². The highest BCUT2D eigenvalue weighted by molar-refractivity contribution is 5.84. The van der Waals surface area contributed by atoms with Gasteiger partial charge >= 0.3 is 0 Å². The second-order valence-electron chi connectivity index (χ2n) is 4.10. The average molecular weight is 216 g/mol. The third kappa shape index (κ3) is 1.03. The number of hydrogen-bond acceptors (Lipinski definition) is 3. The molecule has 1 aromatic heterocycles. The molecule has 0 saturated heterocycles. The van der Waals surface area contributed by atoms with E-state index in [0.29, 0.717) is 0 Å². The minimum Gasteiger partial charge on any atom is -0.394 e. The van der Waals surface area contributed by atoms with Crippen LogP contribution in [0.25, 0.3) is 10.9 Å². The Hall–Kier alpha value is -1.65. The van der Waals surface area contributed by atoms with E-state index < -0.39 is 0 Å². The fourth-order valence-electron chi connectivity index (χ4n) is 2.51. The summed E-state index contributed by atoms with van der Waals surface area (Å²) in [5, 5.41) is 10.3. The van der Waals surface area contributed by atoms with Crippen molar-refractivity contribution in [2.45, 2.75) is 12.1 Å². The minimum atomic E-state index is -0.339. The van der Waals surface area contributed by atoms with Crippen LogP contribution in [-0.2, 0) is 0 Å². The molecule has 0 radical (unpaired) electrons. The van der Waals surface area contributed by atoms with Gasteiger partial charge in [0.1, 0.15) is 0 Å². The topological polar surface area (TPSA) is 68.2 Å². The standard InChI is InChI=1S/C12H12N2O2/c13-11-8-3-1-2-7-4-5-10(16)14(12(7)8)9(11)6-15/h1-5,9,11,15H,6,13H2/t9-,11+/m0/s1. The van der Waals surface area contributed by atoms with Crippen molar-refractivity contribution in [3.8, 4) is 0 Å². The van der Waals surface area contributed by atoms with Crippen molar-refractivity contribution in [2.75, 3.05) is 6.61 Å². The van der Waals surface area contributed by atoms with Crippen molar-refractivity contribution in [1.29, 1.82) is 0 Å². The largest absolute Gasteiger partial charge is 0.394 e. The zero-order valence-corrected chi connectivity index (χ0v) is 8.63. The number of hydrogen-bond donors (Lipinski definition) is 2. The Morgan fingerprint density at radius 3 is 2.88 bits per heavy atom. The molecule has 16 heavy (non-hydrogen) atoms. The van der Waals surface area contributed by atoms with Gasteiger partial charge in [0.25, 0.3) is 5.56 Å². The lowest BCUT2D eigenvalue weighted by molar-refractivity contribution is 0.215. The lowest BCUT2D eigenvalue weighted by Crippen LogP contribution is -2.28. The summed E-state index contributed by atoms with van der Waals surface area (Å²) in [7, 11) is 0. The van der Waals surface area contributed by atoms with Crippen LogP contribution in [0.1, 0.15) is 17.6 Å². The smallest absolute Gasteiger partial charge is 0.251 e. The molecular weight excluding hydrogens is 204 g/mol. The Morgan fingerprint density at radius 1 is 1.31 bits per heavy atom. The van der Waals surface area contributed by atoms with Gasteiger partial charge in [0.05, 0.1) is 24.2 Å². The van der Waals surface area contributed by atoms with Crippen molar-refractivity contribution >= 4 is 10.9 Å². The van der Waals surface area contributed by atoms with Crippen LogP contribution in [-0.4, -0.2) is 16.3 Å². The van der Waals surface area contributed by atoms with Crippen LogP contribution in [0.15, 0.2) is 35.1 Å². The summed E-state index contributed by atoms with van der Waals surface area (Å²) in [6.45, 7) is -0.116. The van der Waals surface area contributed by atoms with Crippen LogP contribution in [0.5, 0.6) is 0 Å². The van der Waals surface area contributed by atoms with Gasteiger partial charge < -0.3 is 15.4 Å². The van der Waals surface area contributed by atoms with Crippen LogP contribution < -0.4 is 11.3 Å². The summed E-state index contributed by atoms with van der Waals surface area (Å²) in [5.74, 6) is 0. The Kier molecular flexibility index (Phi) is 1.89. The monoisotopic (exact) mass is 216 g/mol. The van der Waals surface area contributed by atoms with E-state index in [0.717, 1.165) is 16.5 Å². The van der Waals surface area contributed by atoms with Crippen LogP contribution in [0.2, 0.25) is 0 Å². The predicted molar refractivity (Wildman–Crippen MR) is 61.3 cm³/mol. The first-order valence-corrected chi connectivity index (χ1v) is 5.24. The SMILES string of the molecule is N[C@@H]1c2cccc3ccc(=O)n(c23)[C@H]1CO. The lowest BCUT2D eigenvalue weighted by atomic mass is 10.0. The molecule has 2 heterocycles. The van der Waals surface area contributed by atoms with Crippen LogP contribution >= 0.6 is 0 Å². The summed E-state index contributed by atoms with van der Waals surface area (Å²) in [6, 6.07) is 8.46. The molecule has 3 rings (SSSR count). The van der Waals surface area contributed by atoms with Gasteiger partial charge in [0.2, 0.25) is 0 Å². The van der Waals surface area contributed by atoms with Gasteiger partial charge in [-0.25, -0.2) is 0 Å². The second-order valence-corrected chi connectivity index (χ2v) is 4.10. The van der Waals surface area contributed by atoms with E-state index in [4.69, 9.17) is 5.73 Å². The van der Waals surface area contributed by atoms with Crippen LogP contribution in [0.3, 0.4) is 0 Å². The Morgan fingerprint density at radius 2 is 2.12 bits per heavy atom. The van der Waals surface area contributed by atoms with Crippen molar-refractivity contribution in [3.05, 3.63) is 46.2 Å². The fraction of sp³-hybridized carbons (Fsp3) is 0.250. The first kappa shape index (κ1) is 9.57. The van der Waals surface area contributed by atoms with Crippen molar-refractivity contribution in [1.82, 2.24) is 4.57 Å². The number of aliphatic hydroxyl groups is 1. The summed E-state index contributed by atoms with van der Waals surface area (Å²) >= 11 is 0.